The zero-order valence-corrected chi connectivity index (χ0v) is 16.3. The molecule has 3 heterocycles. The SMILES string of the molecule is Cc1nc2cc(Cl)ccn2c1-c1csc(Nc2ccc(N(C)C)cc2)n1. The first-order chi connectivity index (χ1) is 12.5. The van der Waals surface area contributed by atoms with Crippen molar-refractivity contribution in [2.75, 3.05) is 24.3 Å². The van der Waals surface area contributed by atoms with E-state index in [0.29, 0.717) is 5.02 Å². The number of hydrogen-bond donors (Lipinski definition) is 1. The second-order valence-electron chi connectivity index (χ2n) is 6.22. The molecule has 0 aliphatic rings. The molecule has 7 heteroatoms. The van der Waals surface area contributed by atoms with Crippen molar-refractivity contribution in [1.29, 1.82) is 0 Å². The van der Waals surface area contributed by atoms with Crippen molar-refractivity contribution >= 4 is 45.1 Å². The maximum absolute atomic E-state index is 6.07. The van der Waals surface area contributed by atoms with Crippen molar-refractivity contribution in [2.45, 2.75) is 6.92 Å². The van der Waals surface area contributed by atoms with Crippen LogP contribution in [0, 0.1) is 6.92 Å². The van der Waals surface area contributed by atoms with Gasteiger partial charge < -0.3 is 10.2 Å². The molecule has 0 atom stereocenters. The minimum absolute atomic E-state index is 0.677. The van der Waals surface area contributed by atoms with Gasteiger partial charge in [-0.3, -0.25) is 4.40 Å². The summed E-state index contributed by atoms with van der Waals surface area (Å²) in [6.45, 7) is 1.99. The highest BCUT2D eigenvalue weighted by atomic mass is 35.5. The number of hydrogen-bond acceptors (Lipinski definition) is 5. The van der Waals surface area contributed by atoms with E-state index in [0.717, 1.165) is 39.2 Å². The molecular formula is C19H18ClN5S. The van der Waals surface area contributed by atoms with Gasteiger partial charge in [-0.1, -0.05) is 11.6 Å². The lowest BCUT2D eigenvalue weighted by molar-refractivity contribution is 1.13. The second kappa shape index (κ2) is 6.63. The molecule has 5 nitrogen and oxygen atoms in total. The van der Waals surface area contributed by atoms with Gasteiger partial charge in [-0.05, 0) is 37.3 Å². The summed E-state index contributed by atoms with van der Waals surface area (Å²) in [5.74, 6) is 0. The van der Waals surface area contributed by atoms with Crippen LogP contribution in [0.4, 0.5) is 16.5 Å². The van der Waals surface area contributed by atoms with Crippen LogP contribution in [-0.2, 0) is 0 Å². The van der Waals surface area contributed by atoms with Gasteiger partial charge in [0.05, 0.1) is 11.4 Å². The Bertz CT molecular complexity index is 1070. The van der Waals surface area contributed by atoms with Gasteiger partial charge >= 0.3 is 0 Å². The second-order valence-corrected chi connectivity index (χ2v) is 7.52. The summed E-state index contributed by atoms with van der Waals surface area (Å²) >= 11 is 7.65. The fourth-order valence-electron chi connectivity index (χ4n) is 2.85. The molecule has 1 N–H and O–H groups in total. The first kappa shape index (κ1) is 16.9. The van der Waals surface area contributed by atoms with E-state index in [1.165, 1.54) is 0 Å². The molecule has 3 aromatic heterocycles. The van der Waals surface area contributed by atoms with Crippen LogP contribution in [-0.4, -0.2) is 28.5 Å². The molecule has 0 unspecified atom stereocenters. The van der Waals surface area contributed by atoms with Gasteiger partial charge in [0.2, 0.25) is 0 Å². The van der Waals surface area contributed by atoms with E-state index < -0.39 is 0 Å². The van der Waals surface area contributed by atoms with Crippen LogP contribution in [0.5, 0.6) is 0 Å². The van der Waals surface area contributed by atoms with Gasteiger partial charge in [0.1, 0.15) is 11.3 Å². The number of halogens is 1. The number of pyridine rings is 1. The Kier molecular flexibility index (Phi) is 4.30. The lowest BCUT2D eigenvalue weighted by atomic mass is 10.2. The number of thiazole rings is 1. The highest BCUT2D eigenvalue weighted by molar-refractivity contribution is 7.14. The molecule has 0 saturated carbocycles. The number of rotatable bonds is 4. The van der Waals surface area contributed by atoms with E-state index in [1.807, 2.05) is 49.1 Å². The summed E-state index contributed by atoms with van der Waals surface area (Å²) in [6, 6.07) is 12.0. The number of benzene rings is 1. The highest BCUT2D eigenvalue weighted by Crippen LogP contribution is 2.30. The molecule has 0 fully saturated rings. The monoisotopic (exact) mass is 383 g/mol. The smallest absolute Gasteiger partial charge is 0.187 e. The molecule has 0 radical (unpaired) electrons. The predicted molar refractivity (Wildman–Crippen MR) is 110 cm³/mol. The summed E-state index contributed by atoms with van der Waals surface area (Å²) in [5, 5.41) is 6.94. The Morgan fingerprint density at radius 2 is 1.88 bits per heavy atom. The summed E-state index contributed by atoms with van der Waals surface area (Å²) in [6.07, 6.45) is 1.93. The van der Waals surface area contributed by atoms with Crippen molar-refractivity contribution in [3.8, 4) is 11.4 Å². The van der Waals surface area contributed by atoms with Crippen molar-refractivity contribution < 1.29 is 0 Å². The molecule has 0 aliphatic heterocycles. The Morgan fingerprint density at radius 3 is 2.62 bits per heavy atom. The van der Waals surface area contributed by atoms with Gasteiger partial charge in [0, 0.05) is 48.1 Å². The average molecular weight is 384 g/mol. The predicted octanol–water partition coefficient (Wildman–Crippen LogP) is 5.23. The largest absolute Gasteiger partial charge is 0.378 e. The van der Waals surface area contributed by atoms with Crippen molar-refractivity contribution in [2.24, 2.45) is 0 Å². The number of anilines is 3. The van der Waals surface area contributed by atoms with E-state index >= 15 is 0 Å². The normalized spacial score (nSPS) is 11.1. The lowest BCUT2D eigenvalue weighted by Gasteiger charge is -2.12. The Balaban J connectivity index is 1.63. The first-order valence-corrected chi connectivity index (χ1v) is 9.41. The summed E-state index contributed by atoms with van der Waals surface area (Å²) < 4.78 is 2.02. The zero-order valence-electron chi connectivity index (χ0n) is 14.7. The highest BCUT2D eigenvalue weighted by Gasteiger charge is 2.14. The standard InChI is InChI=1S/C19H18ClN5S/c1-12-18(25-9-8-13(20)10-17(25)21-12)16-11-26-19(23-16)22-14-4-6-15(7-5-14)24(2)3/h4-11H,1-3H3,(H,22,23). The van der Waals surface area contributed by atoms with Crippen LogP contribution in [0.3, 0.4) is 0 Å². The summed E-state index contributed by atoms with van der Waals surface area (Å²) in [7, 11) is 4.06. The zero-order chi connectivity index (χ0) is 18.3. The molecule has 4 aromatic rings. The van der Waals surface area contributed by atoms with Gasteiger partial charge in [0.25, 0.3) is 0 Å². The Hall–Kier alpha value is -2.57. The maximum atomic E-state index is 6.07. The van der Waals surface area contributed by atoms with Crippen LogP contribution < -0.4 is 10.2 Å². The molecule has 0 bridgehead atoms. The minimum Gasteiger partial charge on any atom is -0.378 e. The fourth-order valence-corrected chi connectivity index (χ4v) is 3.72. The van der Waals surface area contributed by atoms with Gasteiger partial charge in [-0.25, -0.2) is 9.97 Å². The number of fused-ring (bicyclic) bond motifs is 1. The summed E-state index contributed by atoms with van der Waals surface area (Å²) in [5.41, 5.74) is 5.82. The van der Waals surface area contributed by atoms with Crippen LogP contribution in [0.1, 0.15) is 5.69 Å². The van der Waals surface area contributed by atoms with Gasteiger partial charge in [-0.2, -0.15) is 0 Å². The Labute approximate surface area is 160 Å². The quantitative estimate of drug-likeness (QED) is 0.524. The minimum atomic E-state index is 0.677. The molecule has 1 aromatic carbocycles. The van der Waals surface area contributed by atoms with Gasteiger partial charge in [0.15, 0.2) is 5.13 Å². The molecule has 0 aliphatic carbocycles. The molecule has 0 spiro atoms. The van der Waals surface area contributed by atoms with Crippen LogP contribution >= 0.6 is 22.9 Å². The van der Waals surface area contributed by atoms with E-state index in [-0.39, 0.29) is 0 Å². The maximum Gasteiger partial charge on any atom is 0.187 e. The third-order valence-corrected chi connectivity index (χ3v) is 5.14. The molecule has 26 heavy (non-hydrogen) atoms. The van der Waals surface area contributed by atoms with Crippen LogP contribution in [0.2, 0.25) is 5.02 Å². The van der Waals surface area contributed by atoms with Crippen LogP contribution in [0.15, 0.2) is 48.0 Å². The molecule has 132 valence electrons. The number of nitrogens with one attached hydrogen (secondary N) is 1. The van der Waals surface area contributed by atoms with E-state index in [2.05, 4.69) is 39.5 Å². The van der Waals surface area contributed by atoms with Gasteiger partial charge in [-0.15, -0.1) is 11.3 Å². The van der Waals surface area contributed by atoms with E-state index in [4.69, 9.17) is 16.6 Å². The molecule has 4 rings (SSSR count). The van der Waals surface area contributed by atoms with E-state index in [9.17, 15) is 0 Å². The Morgan fingerprint density at radius 1 is 1.12 bits per heavy atom. The third kappa shape index (κ3) is 3.13. The third-order valence-electron chi connectivity index (χ3n) is 4.14. The average Bonchev–Trinajstić information content (AvgIpc) is 3.18. The van der Waals surface area contributed by atoms with Crippen LogP contribution in [0.25, 0.3) is 17.0 Å². The topological polar surface area (TPSA) is 45.5 Å². The number of aryl methyl sites for hydroxylation is 1. The van der Waals surface area contributed by atoms with Crippen molar-refractivity contribution in [1.82, 2.24) is 14.4 Å². The van der Waals surface area contributed by atoms with Crippen molar-refractivity contribution in [3.63, 3.8) is 0 Å². The number of imidazole rings is 1. The molecule has 0 amide bonds. The van der Waals surface area contributed by atoms with Crippen molar-refractivity contribution in [3.05, 3.63) is 58.7 Å². The van der Waals surface area contributed by atoms with E-state index in [1.54, 1.807) is 11.3 Å². The molecular weight excluding hydrogens is 366 g/mol. The lowest BCUT2D eigenvalue weighted by Crippen LogP contribution is -2.08. The fraction of sp³-hybridized carbons (Fsp3) is 0.158. The summed E-state index contributed by atoms with van der Waals surface area (Å²) in [4.78, 5) is 11.4. The number of nitrogens with zero attached hydrogens (tertiary/aromatic N) is 4. The molecule has 0 saturated heterocycles. The first-order valence-electron chi connectivity index (χ1n) is 8.16. The number of aromatic nitrogens is 3.